The van der Waals surface area contributed by atoms with E-state index in [4.69, 9.17) is 10.5 Å². The number of anilines is 1. The summed E-state index contributed by atoms with van der Waals surface area (Å²) in [6, 6.07) is 7.33. The number of sulfonamides is 1. The number of aryl methyl sites for hydroxylation is 4. The highest BCUT2D eigenvalue weighted by Crippen LogP contribution is 2.35. The third-order valence-electron chi connectivity index (χ3n) is 5.13. The lowest BCUT2D eigenvalue weighted by atomic mass is 9.91. The minimum Gasteiger partial charge on any atom is -0.438 e. The smallest absolute Gasteiger partial charge is 0.248 e. The lowest BCUT2D eigenvalue weighted by molar-refractivity contribution is 0.162. The van der Waals surface area contributed by atoms with Gasteiger partial charge in [0, 0.05) is 24.4 Å². The van der Waals surface area contributed by atoms with Gasteiger partial charge < -0.3 is 15.6 Å². The highest BCUT2D eigenvalue weighted by molar-refractivity contribution is 7.89. The molecule has 2 heterocycles. The lowest BCUT2D eigenvalue weighted by Crippen LogP contribution is -2.29. The molecule has 0 aliphatic carbocycles. The number of benzene rings is 1. The summed E-state index contributed by atoms with van der Waals surface area (Å²) in [6.07, 6.45) is -0.362. The summed E-state index contributed by atoms with van der Waals surface area (Å²) in [5.74, 6) is 0.555. The third-order valence-corrected chi connectivity index (χ3v) is 6.56. The van der Waals surface area contributed by atoms with E-state index >= 15 is 0 Å². The Bertz CT molecular complexity index is 1270. The van der Waals surface area contributed by atoms with Crippen LogP contribution in [-0.4, -0.2) is 28.3 Å². The second-order valence-electron chi connectivity index (χ2n) is 9.25. The molecule has 1 atom stereocenters. The summed E-state index contributed by atoms with van der Waals surface area (Å²) in [5, 5.41) is 14.7. The van der Waals surface area contributed by atoms with E-state index in [2.05, 4.69) is 14.8 Å². The van der Waals surface area contributed by atoms with E-state index in [9.17, 15) is 13.5 Å². The highest BCUT2D eigenvalue weighted by atomic mass is 32.2. The zero-order chi connectivity index (χ0) is 24.7. The van der Waals surface area contributed by atoms with Gasteiger partial charge in [-0.2, -0.15) is 9.82 Å². The van der Waals surface area contributed by atoms with Gasteiger partial charge in [0.05, 0.1) is 5.56 Å². The summed E-state index contributed by atoms with van der Waals surface area (Å²) >= 11 is 0. The normalized spacial score (nSPS) is 13.2. The van der Waals surface area contributed by atoms with Gasteiger partial charge in [0.2, 0.25) is 15.9 Å². The number of rotatable bonds is 6. The van der Waals surface area contributed by atoms with Crippen LogP contribution in [0.15, 0.2) is 35.4 Å². The first-order valence-electron chi connectivity index (χ1n) is 10.5. The molecule has 0 spiro atoms. The van der Waals surface area contributed by atoms with Gasteiger partial charge in [0.15, 0.2) is 5.82 Å². The largest absolute Gasteiger partial charge is 0.438 e. The maximum absolute atomic E-state index is 12.8. The summed E-state index contributed by atoms with van der Waals surface area (Å²) in [6.45, 7) is 11.9. The van der Waals surface area contributed by atoms with Gasteiger partial charge in [0.25, 0.3) is 0 Å². The van der Waals surface area contributed by atoms with Crippen molar-refractivity contribution in [2.45, 2.75) is 58.1 Å². The van der Waals surface area contributed by atoms with Crippen LogP contribution in [0.25, 0.3) is 0 Å². The SMILES string of the molecule is Cc1cc(C)c(Oc2nc(C(C)(C)C)ccc2C(O)NS(=O)(=O)c2cn(C)nc2N)c(C)c1. The molecule has 0 radical (unpaired) electrons. The predicted molar refractivity (Wildman–Crippen MR) is 127 cm³/mol. The van der Waals surface area contributed by atoms with Crippen LogP contribution >= 0.6 is 0 Å². The van der Waals surface area contributed by atoms with E-state index in [0.717, 1.165) is 22.4 Å². The Balaban J connectivity index is 2.05. The van der Waals surface area contributed by atoms with E-state index in [1.54, 1.807) is 19.2 Å². The van der Waals surface area contributed by atoms with Gasteiger partial charge in [-0.05, 0) is 44.0 Å². The second kappa shape index (κ2) is 8.77. The van der Waals surface area contributed by atoms with Gasteiger partial charge >= 0.3 is 0 Å². The third kappa shape index (κ3) is 5.35. The van der Waals surface area contributed by atoms with Crippen molar-refractivity contribution in [3.8, 4) is 11.6 Å². The number of nitrogens with two attached hydrogens (primary N) is 1. The van der Waals surface area contributed by atoms with E-state index in [1.807, 2.05) is 53.7 Å². The van der Waals surface area contributed by atoms with Crippen LogP contribution in [0.4, 0.5) is 5.82 Å². The molecule has 3 aromatic rings. The van der Waals surface area contributed by atoms with Crippen LogP contribution < -0.4 is 15.2 Å². The zero-order valence-corrected chi connectivity index (χ0v) is 20.8. The monoisotopic (exact) mass is 473 g/mol. The van der Waals surface area contributed by atoms with Crippen molar-refractivity contribution in [2.75, 3.05) is 5.73 Å². The van der Waals surface area contributed by atoms with Crippen LogP contribution in [0.1, 0.15) is 54.9 Å². The molecule has 3 rings (SSSR count). The van der Waals surface area contributed by atoms with Gasteiger partial charge in [-0.1, -0.05) is 38.5 Å². The Morgan fingerprint density at radius 1 is 1.15 bits per heavy atom. The topological polar surface area (TPSA) is 132 Å². The van der Waals surface area contributed by atoms with Crippen molar-refractivity contribution in [3.63, 3.8) is 0 Å². The summed E-state index contributed by atoms with van der Waals surface area (Å²) in [4.78, 5) is 4.41. The fraction of sp³-hybridized carbons (Fsp3) is 0.391. The average molecular weight is 474 g/mol. The minimum absolute atomic E-state index is 0.117. The molecule has 1 unspecified atom stereocenters. The number of aliphatic hydroxyl groups excluding tert-OH is 1. The first-order valence-corrected chi connectivity index (χ1v) is 11.9. The number of ether oxygens (including phenoxy) is 1. The molecule has 2 aromatic heterocycles. The number of hydrogen-bond acceptors (Lipinski definition) is 7. The molecule has 0 aliphatic rings. The molecule has 4 N–H and O–H groups in total. The molecule has 0 bridgehead atoms. The second-order valence-corrected chi connectivity index (χ2v) is 10.9. The van der Waals surface area contributed by atoms with Crippen LogP contribution in [0.5, 0.6) is 11.6 Å². The molecule has 1 aromatic carbocycles. The molecular weight excluding hydrogens is 442 g/mol. The Hall–Kier alpha value is -2.95. The van der Waals surface area contributed by atoms with Gasteiger partial charge in [-0.25, -0.2) is 13.4 Å². The van der Waals surface area contributed by atoms with E-state index < -0.39 is 16.3 Å². The van der Waals surface area contributed by atoms with Crippen molar-refractivity contribution in [3.05, 3.63) is 58.4 Å². The number of hydrogen-bond donors (Lipinski definition) is 3. The molecule has 10 heteroatoms. The quantitative estimate of drug-likeness (QED) is 0.468. The van der Waals surface area contributed by atoms with Gasteiger partial charge in [-0.3, -0.25) is 4.68 Å². The summed E-state index contributed by atoms with van der Waals surface area (Å²) < 4.78 is 35.4. The lowest BCUT2D eigenvalue weighted by Gasteiger charge is -2.23. The summed E-state index contributed by atoms with van der Waals surface area (Å²) in [5.41, 5.74) is 9.23. The molecule has 178 valence electrons. The van der Waals surface area contributed by atoms with E-state index in [-0.39, 0.29) is 27.6 Å². The molecule has 0 aliphatic heterocycles. The predicted octanol–water partition coefficient (Wildman–Crippen LogP) is 3.38. The van der Waals surface area contributed by atoms with Crippen molar-refractivity contribution in [2.24, 2.45) is 7.05 Å². The highest BCUT2D eigenvalue weighted by Gasteiger charge is 2.28. The van der Waals surface area contributed by atoms with Crippen molar-refractivity contribution < 1.29 is 18.3 Å². The minimum atomic E-state index is -4.16. The van der Waals surface area contributed by atoms with Crippen molar-refractivity contribution >= 4 is 15.8 Å². The van der Waals surface area contributed by atoms with Crippen LogP contribution in [0.3, 0.4) is 0 Å². The number of nitrogens with zero attached hydrogens (tertiary/aromatic N) is 3. The van der Waals surface area contributed by atoms with Crippen LogP contribution in [0, 0.1) is 20.8 Å². The number of aliphatic hydroxyl groups is 1. The Labute approximate surface area is 194 Å². The van der Waals surface area contributed by atoms with E-state index in [0.29, 0.717) is 5.75 Å². The van der Waals surface area contributed by atoms with Gasteiger partial charge in [0.1, 0.15) is 16.9 Å². The Kier molecular flexibility index (Phi) is 6.56. The van der Waals surface area contributed by atoms with Crippen molar-refractivity contribution in [1.29, 1.82) is 0 Å². The summed E-state index contributed by atoms with van der Waals surface area (Å²) in [7, 11) is -2.60. The first kappa shape index (κ1) is 24.7. The number of nitrogens with one attached hydrogen (secondary N) is 1. The first-order chi connectivity index (χ1) is 15.2. The fourth-order valence-corrected chi connectivity index (χ4v) is 4.70. The Morgan fingerprint density at radius 2 is 1.76 bits per heavy atom. The molecule has 0 fully saturated rings. The number of pyridine rings is 1. The average Bonchev–Trinajstić information content (AvgIpc) is 3.02. The molecule has 0 saturated heterocycles. The number of aromatic nitrogens is 3. The standard InChI is InChI=1S/C23H31N5O4S/c1-13-10-14(2)19(15(3)11-13)32-22-16(8-9-18(25-22)23(4,5)6)21(29)27-33(30,31)17-12-28(7)26-20(17)24/h8-12,21,27,29H,1-7H3,(H2,24,26). The maximum Gasteiger partial charge on any atom is 0.248 e. The molecular formula is C23H31N5O4S. The van der Waals surface area contributed by atoms with Gasteiger partial charge in [-0.15, -0.1) is 0 Å². The molecule has 0 saturated carbocycles. The van der Waals surface area contributed by atoms with Crippen molar-refractivity contribution in [1.82, 2.24) is 19.5 Å². The number of nitrogen functional groups attached to an aromatic ring is 1. The molecule has 9 nitrogen and oxygen atoms in total. The Morgan fingerprint density at radius 3 is 2.27 bits per heavy atom. The van der Waals surface area contributed by atoms with E-state index in [1.165, 1.54) is 10.9 Å². The molecule has 0 amide bonds. The van der Waals surface area contributed by atoms with Crippen LogP contribution in [0.2, 0.25) is 0 Å². The maximum atomic E-state index is 12.8. The zero-order valence-electron chi connectivity index (χ0n) is 20.0. The van der Waals surface area contributed by atoms with Crippen LogP contribution in [-0.2, 0) is 22.5 Å². The molecule has 33 heavy (non-hydrogen) atoms. The fourth-order valence-electron chi connectivity index (χ4n) is 3.55.